The zero-order valence-corrected chi connectivity index (χ0v) is 39.6. The zero-order valence-electron chi connectivity index (χ0n) is 39.6. The van der Waals surface area contributed by atoms with Crippen LogP contribution in [0.5, 0.6) is 23.0 Å². The van der Waals surface area contributed by atoms with Gasteiger partial charge in [-0.1, -0.05) is 212 Å². The van der Waals surface area contributed by atoms with Crippen LogP contribution in [0, 0.1) is 0 Å². The Bertz CT molecular complexity index is 4190. The predicted molar refractivity (Wildman–Crippen MR) is 296 cm³/mol. The summed E-state index contributed by atoms with van der Waals surface area (Å²) in [5.74, 6) is 3.50. The van der Waals surface area contributed by atoms with Gasteiger partial charge in [0.25, 0.3) is 0 Å². The summed E-state index contributed by atoms with van der Waals surface area (Å²) in [5.41, 5.74) is 18.7. The maximum Gasteiger partial charge on any atom is 0.132 e. The fourth-order valence-electron chi connectivity index (χ4n) is 13.6. The lowest BCUT2D eigenvalue weighted by atomic mass is 9.65. The van der Waals surface area contributed by atoms with Gasteiger partial charge in [-0.2, -0.15) is 0 Å². The number of ether oxygens (including phenoxy) is 2. The van der Waals surface area contributed by atoms with Gasteiger partial charge in [0.1, 0.15) is 23.0 Å². The summed E-state index contributed by atoms with van der Waals surface area (Å²) in [6.45, 7) is 0. The summed E-state index contributed by atoms with van der Waals surface area (Å²) >= 11 is 0. The molecule has 12 aromatic carbocycles. The van der Waals surface area contributed by atoms with Gasteiger partial charge in [-0.15, -0.1) is 0 Å². The Hall–Kier alpha value is -9.44. The van der Waals surface area contributed by atoms with Gasteiger partial charge < -0.3 is 14.4 Å². The lowest BCUT2D eigenvalue weighted by Gasteiger charge is -2.40. The van der Waals surface area contributed by atoms with E-state index in [1.807, 2.05) is 0 Å². The molecule has 0 N–H and O–H groups in total. The van der Waals surface area contributed by atoms with Crippen molar-refractivity contribution >= 4 is 38.6 Å². The lowest BCUT2D eigenvalue weighted by Crippen LogP contribution is -2.32. The molecule has 0 saturated carbocycles. The molecular formula is C70H43NO2. The molecule has 2 aliphatic heterocycles. The summed E-state index contributed by atoms with van der Waals surface area (Å²) in [6.07, 6.45) is 0. The van der Waals surface area contributed by atoms with Crippen LogP contribution in [-0.2, 0) is 10.8 Å². The Kier molecular flexibility index (Phi) is 8.30. The molecule has 0 fully saturated rings. The van der Waals surface area contributed by atoms with E-state index in [1.165, 1.54) is 71.6 Å². The highest BCUT2D eigenvalue weighted by atomic mass is 16.5. The van der Waals surface area contributed by atoms with Crippen molar-refractivity contribution in [3.8, 4) is 56.4 Å². The van der Waals surface area contributed by atoms with Crippen molar-refractivity contribution in [2.45, 2.75) is 10.8 Å². The molecule has 0 unspecified atom stereocenters. The minimum absolute atomic E-state index is 0.640. The molecule has 73 heavy (non-hydrogen) atoms. The summed E-state index contributed by atoms with van der Waals surface area (Å²) < 4.78 is 13.7. The molecule has 4 aliphatic rings. The monoisotopic (exact) mass is 929 g/mol. The summed E-state index contributed by atoms with van der Waals surface area (Å²) in [7, 11) is 0. The van der Waals surface area contributed by atoms with E-state index >= 15 is 0 Å². The van der Waals surface area contributed by atoms with Crippen LogP contribution in [0.1, 0.15) is 44.5 Å². The van der Waals surface area contributed by atoms with Crippen molar-refractivity contribution in [3.63, 3.8) is 0 Å². The van der Waals surface area contributed by atoms with Gasteiger partial charge >= 0.3 is 0 Å². The van der Waals surface area contributed by atoms with Crippen LogP contribution in [0.15, 0.2) is 261 Å². The van der Waals surface area contributed by atoms with E-state index < -0.39 is 10.8 Å². The molecule has 0 amide bonds. The molecule has 16 rings (SSSR count). The van der Waals surface area contributed by atoms with E-state index in [-0.39, 0.29) is 0 Å². The minimum Gasteiger partial charge on any atom is -0.457 e. The number of fused-ring (bicyclic) bond motifs is 22. The molecular weight excluding hydrogens is 887 g/mol. The molecule has 12 aromatic rings. The molecule has 340 valence electrons. The Labute approximate surface area is 423 Å². The Morgan fingerprint density at radius 3 is 1.38 bits per heavy atom. The molecule has 0 radical (unpaired) electrons. The number of hydrogen-bond donors (Lipinski definition) is 0. The third kappa shape index (κ3) is 5.27. The van der Waals surface area contributed by atoms with Crippen LogP contribution in [0.4, 0.5) is 17.1 Å². The highest BCUT2D eigenvalue weighted by Crippen LogP contribution is 2.67. The van der Waals surface area contributed by atoms with Crippen molar-refractivity contribution in [2.75, 3.05) is 4.90 Å². The van der Waals surface area contributed by atoms with Crippen molar-refractivity contribution in [2.24, 2.45) is 0 Å². The fraction of sp³-hybridized carbons (Fsp3) is 0.0286. The van der Waals surface area contributed by atoms with Gasteiger partial charge in [0.2, 0.25) is 0 Å². The molecule has 0 saturated heterocycles. The SMILES string of the molecule is c1ccc(-c2ccc(N(c3cccc4c3-c3ccccc3C43c4ccccc4Oc4ccccc43)c3cc4c(c5ccccc35)-c3c(ccc5ccccc35)C43c4ccccc4Oc4ccccc43)cc2)cc1. The number of para-hydroxylation sites is 4. The second-order valence-electron chi connectivity index (χ2n) is 19.8. The fourth-order valence-corrected chi connectivity index (χ4v) is 13.6. The lowest BCUT2D eigenvalue weighted by molar-refractivity contribution is 0.436. The molecule has 0 aromatic heterocycles. The first-order valence-electron chi connectivity index (χ1n) is 25.2. The van der Waals surface area contributed by atoms with Crippen molar-refractivity contribution in [1.29, 1.82) is 0 Å². The Morgan fingerprint density at radius 2 is 0.740 bits per heavy atom. The van der Waals surface area contributed by atoms with Gasteiger partial charge in [0, 0.05) is 38.9 Å². The maximum absolute atomic E-state index is 6.90. The number of benzene rings is 12. The van der Waals surface area contributed by atoms with E-state index in [2.05, 4.69) is 266 Å². The summed E-state index contributed by atoms with van der Waals surface area (Å²) in [6, 6.07) is 95.9. The average molecular weight is 930 g/mol. The highest BCUT2D eigenvalue weighted by Gasteiger charge is 2.54. The molecule has 0 bridgehead atoms. The molecule has 2 spiro atoms. The zero-order chi connectivity index (χ0) is 47.8. The Balaban J connectivity index is 1.05. The second-order valence-corrected chi connectivity index (χ2v) is 19.8. The topological polar surface area (TPSA) is 21.7 Å². The average Bonchev–Trinajstić information content (AvgIpc) is 3.93. The molecule has 2 heterocycles. The number of hydrogen-bond acceptors (Lipinski definition) is 3. The van der Waals surface area contributed by atoms with Crippen LogP contribution in [0.3, 0.4) is 0 Å². The number of anilines is 3. The Morgan fingerprint density at radius 1 is 0.274 bits per heavy atom. The first-order valence-corrected chi connectivity index (χ1v) is 25.2. The normalized spacial score (nSPS) is 14.2. The van der Waals surface area contributed by atoms with Crippen LogP contribution < -0.4 is 14.4 Å². The third-order valence-electron chi connectivity index (χ3n) is 16.4. The van der Waals surface area contributed by atoms with Gasteiger partial charge in [-0.3, -0.25) is 0 Å². The van der Waals surface area contributed by atoms with E-state index in [9.17, 15) is 0 Å². The van der Waals surface area contributed by atoms with E-state index in [1.54, 1.807) is 0 Å². The van der Waals surface area contributed by atoms with E-state index in [0.717, 1.165) is 67.9 Å². The van der Waals surface area contributed by atoms with Crippen LogP contribution in [0.2, 0.25) is 0 Å². The smallest absolute Gasteiger partial charge is 0.132 e. The maximum atomic E-state index is 6.90. The van der Waals surface area contributed by atoms with Crippen molar-refractivity contribution in [3.05, 3.63) is 305 Å². The van der Waals surface area contributed by atoms with Crippen molar-refractivity contribution in [1.82, 2.24) is 0 Å². The predicted octanol–water partition coefficient (Wildman–Crippen LogP) is 18.1. The van der Waals surface area contributed by atoms with Crippen LogP contribution in [0.25, 0.3) is 54.9 Å². The molecule has 2 aliphatic carbocycles. The third-order valence-corrected chi connectivity index (χ3v) is 16.4. The number of nitrogens with zero attached hydrogens (tertiary/aromatic N) is 1. The van der Waals surface area contributed by atoms with Crippen molar-refractivity contribution < 1.29 is 9.47 Å². The number of rotatable bonds is 4. The van der Waals surface area contributed by atoms with Gasteiger partial charge in [0.15, 0.2) is 0 Å². The minimum atomic E-state index is -0.716. The second kappa shape index (κ2) is 15.0. The van der Waals surface area contributed by atoms with E-state index in [0.29, 0.717) is 0 Å². The summed E-state index contributed by atoms with van der Waals surface area (Å²) in [4.78, 5) is 2.56. The first kappa shape index (κ1) is 40.3. The van der Waals surface area contributed by atoms with Gasteiger partial charge in [-0.25, -0.2) is 0 Å². The summed E-state index contributed by atoms with van der Waals surface area (Å²) in [5, 5.41) is 4.83. The highest BCUT2D eigenvalue weighted by molar-refractivity contribution is 6.17. The van der Waals surface area contributed by atoms with Gasteiger partial charge in [-0.05, 0) is 115 Å². The molecule has 3 nitrogen and oxygen atoms in total. The van der Waals surface area contributed by atoms with E-state index in [4.69, 9.17) is 9.47 Å². The van der Waals surface area contributed by atoms with Crippen LogP contribution in [-0.4, -0.2) is 0 Å². The van der Waals surface area contributed by atoms with Crippen LogP contribution >= 0.6 is 0 Å². The molecule has 0 atom stereocenters. The quantitative estimate of drug-likeness (QED) is 0.176. The largest absolute Gasteiger partial charge is 0.457 e. The first-order chi connectivity index (χ1) is 36.2. The van der Waals surface area contributed by atoms with Gasteiger partial charge in [0.05, 0.1) is 22.2 Å². The molecule has 3 heteroatoms. The standard InChI is InChI=1S/C70H43NO2/c1-2-19-44(20-3-1)45-37-40-47(41-38-45)71(60-32-18-31-57-66(60)51-25-8-9-26-52(51)69(57)53-27-10-14-33-62(53)72-63-34-15-11-28-54(63)69)61-43-59-68(50-24-7-6-23-49(50)61)67-48-22-5-4-21-46(48)39-42-58(67)70(59)55-29-12-16-35-64(55)73-65-36-17-13-30-56(65)70/h1-43H.